The van der Waals surface area contributed by atoms with Crippen LogP contribution in [-0.4, -0.2) is 14.2 Å². The molecule has 1 aliphatic rings. The van der Waals surface area contributed by atoms with Gasteiger partial charge in [0, 0.05) is 68.2 Å². The van der Waals surface area contributed by atoms with Gasteiger partial charge in [0.25, 0.3) is 0 Å². The normalized spacial score (nSPS) is 11.9. The van der Waals surface area contributed by atoms with Gasteiger partial charge in [0.15, 0.2) is 0 Å². The molecule has 0 aliphatic heterocycles. The molecule has 0 spiro atoms. The molecule has 12 aromatic carbocycles. The number of para-hydroxylation sites is 8. The molecule has 0 atom stereocenters. The first-order valence-corrected chi connectivity index (χ1v) is 27.4. The predicted molar refractivity (Wildman–Crippen MR) is 336 cm³/mol. The highest BCUT2D eigenvalue weighted by atomic mass is 16.5. The van der Waals surface area contributed by atoms with Crippen LogP contribution in [0.15, 0.2) is 315 Å². The predicted octanol–water partition coefficient (Wildman–Crippen LogP) is 19.9. The van der Waals surface area contributed by atoms with Crippen molar-refractivity contribution in [3.63, 3.8) is 0 Å². The van der Waals surface area contributed by atoms with E-state index < -0.39 is 5.41 Å². The maximum Gasteiger partial charge on any atom is 0.119 e. The third kappa shape index (κ3) is 9.39. The Morgan fingerprint density at radius 2 is 0.432 bits per heavy atom. The van der Waals surface area contributed by atoms with Crippen molar-refractivity contribution in [1.82, 2.24) is 0 Å². The highest BCUT2D eigenvalue weighted by Gasteiger charge is 2.48. The van der Waals surface area contributed by atoms with E-state index in [4.69, 9.17) is 9.47 Å². The van der Waals surface area contributed by atoms with Crippen LogP contribution in [0, 0.1) is 0 Å². The Hall–Kier alpha value is -10.6. The second-order valence-corrected chi connectivity index (χ2v) is 20.1. The van der Waals surface area contributed by atoms with Crippen LogP contribution in [0.5, 0.6) is 11.5 Å². The molecule has 13 rings (SSSR count). The standard InChI is InChI=1S/C75H58N4O2/c1-80-69-43-45-71-72-46-44-70(81-2)54-74(72)75(73(71)53-69,55-47-65(76(57-27-11-3-12-28-57)58-29-13-4-14-30-58)51-66(48-55)77(59-31-15-5-16-32-59)60-33-17-6-18-34-60)56-49-67(78(61-35-19-7-20-36-61)62-37-21-8-22-38-62)52-68(50-56)79(63-39-23-9-24-40-63)64-41-25-10-26-42-64/h3-54H,1-2H3. The molecule has 0 heterocycles. The zero-order chi connectivity index (χ0) is 54.5. The van der Waals surface area contributed by atoms with Crippen molar-refractivity contribution in [2.75, 3.05) is 33.8 Å². The van der Waals surface area contributed by atoms with Gasteiger partial charge in [-0.15, -0.1) is 0 Å². The summed E-state index contributed by atoms with van der Waals surface area (Å²) in [5.74, 6) is 1.50. The first-order valence-electron chi connectivity index (χ1n) is 27.4. The van der Waals surface area contributed by atoms with Crippen molar-refractivity contribution < 1.29 is 9.47 Å². The van der Waals surface area contributed by atoms with Gasteiger partial charge >= 0.3 is 0 Å². The SMILES string of the molecule is COc1ccc2c(c1)C(c1cc(N(c3ccccc3)c3ccccc3)cc(N(c3ccccc3)c3ccccc3)c1)(c1cc(N(c3ccccc3)c3ccccc3)cc(N(c3ccccc3)c3ccccc3)c1)c1cc(OC)ccc1-2. The summed E-state index contributed by atoms with van der Waals surface area (Å²) in [5, 5.41) is 0. The van der Waals surface area contributed by atoms with Crippen molar-refractivity contribution in [1.29, 1.82) is 0 Å². The van der Waals surface area contributed by atoms with Crippen LogP contribution in [-0.2, 0) is 5.41 Å². The molecule has 1 aliphatic carbocycles. The lowest BCUT2D eigenvalue weighted by atomic mass is 9.67. The highest BCUT2D eigenvalue weighted by Crippen LogP contribution is 2.60. The number of methoxy groups -OCH3 is 2. The van der Waals surface area contributed by atoms with Crippen LogP contribution in [0.4, 0.5) is 68.2 Å². The van der Waals surface area contributed by atoms with Crippen LogP contribution in [0.1, 0.15) is 22.3 Å². The highest BCUT2D eigenvalue weighted by molar-refractivity contribution is 5.93. The second-order valence-electron chi connectivity index (χ2n) is 20.1. The Bertz CT molecular complexity index is 3450. The molecular formula is C75H58N4O2. The third-order valence-electron chi connectivity index (χ3n) is 15.4. The maximum absolute atomic E-state index is 6.30. The van der Waals surface area contributed by atoms with E-state index in [2.05, 4.69) is 335 Å². The van der Waals surface area contributed by atoms with E-state index in [1.165, 1.54) is 0 Å². The minimum atomic E-state index is -1.07. The summed E-state index contributed by atoms with van der Waals surface area (Å²) in [4.78, 5) is 9.51. The molecule has 6 heteroatoms. The van der Waals surface area contributed by atoms with Crippen molar-refractivity contribution in [3.8, 4) is 22.6 Å². The fraction of sp³-hybridized carbons (Fsp3) is 0.0400. The van der Waals surface area contributed by atoms with Crippen LogP contribution in [0.25, 0.3) is 11.1 Å². The Morgan fingerprint density at radius 3 is 0.630 bits per heavy atom. The minimum absolute atomic E-state index is 0.751. The smallest absolute Gasteiger partial charge is 0.119 e. The molecule has 81 heavy (non-hydrogen) atoms. The zero-order valence-corrected chi connectivity index (χ0v) is 45.1. The summed E-state index contributed by atoms with van der Waals surface area (Å²) < 4.78 is 12.6. The van der Waals surface area contributed by atoms with Crippen LogP contribution < -0.4 is 29.1 Å². The molecule has 0 amide bonds. The molecule has 12 aromatic rings. The van der Waals surface area contributed by atoms with Gasteiger partial charge in [-0.1, -0.05) is 158 Å². The number of hydrogen-bond donors (Lipinski definition) is 0. The molecule has 0 saturated carbocycles. The Kier molecular flexibility index (Phi) is 13.6. The molecule has 0 unspecified atom stereocenters. The van der Waals surface area contributed by atoms with Gasteiger partial charge < -0.3 is 29.1 Å². The van der Waals surface area contributed by atoms with E-state index in [0.29, 0.717) is 0 Å². The molecule has 0 N–H and O–H groups in total. The molecule has 0 aromatic heterocycles. The van der Waals surface area contributed by atoms with Gasteiger partial charge in [0.1, 0.15) is 11.5 Å². The molecule has 6 nitrogen and oxygen atoms in total. The molecule has 390 valence electrons. The number of ether oxygens (including phenoxy) is 2. The number of nitrogens with zero attached hydrogens (tertiary/aromatic N) is 4. The lowest BCUT2D eigenvalue weighted by molar-refractivity contribution is 0.413. The van der Waals surface area contributed by atoms with Gasteiger partial charge in [-0.05, 0) is 191 Å². The summed E-state index contributed by atoms with van der Waals surface area (Å²) in [5.41, 5.74) is 17.4. The topological polar surface area (TPSA) is 31.4 Å². The van der Waals surface area contributed by atoms with Crippen molar-refractivity contribution >= 4 is 68.2 Å². The van der Waals surface area contributed by atoms with E-state index in [1.807, 2.05) is 0 Å². The van der Waals surface area contributed by atoms with E-state index in [1.54, 1.807) is 14.2 Å². The number of hydrogen-bond acceptors (Lipinski definition) is 6. The zero-order valence-electron chi connectivity index (χ0n) is 45.1. The molecule has 0 saturated heterocycles. The lowest BCUT2D eigenvalue weighted by Gasteiger charge is -2.39. The van der Waals surface area contributed by atoms with Crippen LogP contribution in [0.2, 0.25) is 0 Å². The van der Waals surface area contributed by atoms with E-state index >= 15 is 0 Å². The van der Waals surface area contributed by atoms with E-state index in [9.17, 15) is 0 Å². The third-order valence-corrected chi connectivity index (χ3v) is 15.4. The molecular weight excluding hydrogens is 989 g/mol. The molecule has 0 bridgehead atoms. The van der Waals surface area contributed by atoms with Crippen LogP contribution in [0.3, 0.4) is 0 Å². The van der Waals surface area contributed by atoms with Crippen molar-refractivity contribution in [2.45, 2.75) is 5.41 Å². The van der Waals surface area contributed by atoms with Crippen molar-refractivity contribution in [3.05, 3.63) is 338 Å². The van der Waals surface area contributed by atoms with Gasteiger partial charge in [0.2, 0.25) is 0 Å². The summed E-state index contributed by atoms with van der Waals surface area (Å²) >= 11 is 0. The Morgan fingerprint density at radius 1 is 0.222 bits per heavy atom. The fourth-order valence-electron chi connectivity index (χ4n) is 11.9. The van der Waals surface area contributed by atoms with Gasteiger partial charge in [-0.3, -0.25) is 0 Å². The van der Waals surface area contributed by atoms with E-state index in [0.717, 1.165) is 113 Å². The average Bonchev–Trinajstić information content (AvgIpc) is 3.34. The summed E-state index contributed by atoms with van der Waals surface area (Å²) in [7, 11) is 3.52. The largest absolute Gasteiger partial charge is 0.497 e. The Balaban J connectivity index is 1.23. The Labute approximate surface area is 474 Å². The van der Waals surface area contributed by atoms with Gasteiger partial charge in [0.05, 0.1) is 19.6 Å². The number of rotatable bonds is 16. The first-order chi connectivity index (χ1) is 40.1. The number of fused-ring (bicyclic) bond motifs is 3. The second kappa shape index (κ2) is 22.1. The summed E-state index contributed by atoms with van der Waals surface area (Å²) in [6, 6.07) is 113. The fourth-order valence-corrected chi connectivity index (χ4v) is 11.9. The molecule has 0 radical (unpaired) electrons. The number of anilines is 12. The monoisotopic (exact) mass is 1050 g/mol. The lowest BCUT2D eigenvalue weighted by Crippen LogP contribution is -2.30. The number of benzene rings is 12. The summed E-state index contributed by atoms with van der Waals surface area (Å²) in [6.07, 6.45) is 0. The first kappa shape index (κ1) is 50.0. The summed E-state index contributed by atoms with van der Waals surface area (Å²) in [6.45, 7) is 0. The minimum Gasteiger partial charge on any atom is -0.497 e. The van der Waals surface area contributed by atoms with Gasteiger partial charge in [-0.2, -0.15) is 0 Å². The molecule has 0 fully saturated rings. The quantitative estimate of drug-likeness (QED) is 0.0959. The van der Waals surface area contributed by atoms with Crippen molar-refractivity contribution in [2.24, 2.45) is 0 Å². The van der Waals surface area contributed by atoms with Gasteiger partial charge in [-0.25, -0.2) is 0 Å². The van der Waals surface area contributed by atoms with Crippen LogP contribution >= 0.6 is 0 Å². The maximum atomic E-state index is 6.30. The average molecular weight is 1050 g/mol. The van der Waals surface area contributed by atoms with E-state index in [-0.39, 0.29) is 0 Å².